The number of hydrogen-bond acceptors (Lipinski definition) is 15. The number of carbonyl (C=O) groups is 4. The van der Waals surface area contributed by atoms with E-state index in [1.165, 1.54) is 218 Å². The average molecular weight is 1410 g/mol. The zero-order chi connectivity index (χ0) is 70.7. The molecule has 0 bridgehead atoms. The second kappa shape index (κ2) is 68.8. The summed E-state index contributed by atoms with van der Waals surface area (Å²) in [5, 5.41) is 10.6. The van der Waals surface area contributed by atoms with Crippen LogP contribution in [0.15, 0.2) is 0 Å². The van der Waals surface area contributed by atoms with E-state index in [4.69, 9.17) is 37.0 Å². The van der Waals surface area contributed by atoms with Crippen molar-refractivity contribution in [3.8, 4) is 0 Å². The molecule has 0 aliphatic heterocycles. The van der Waals surface area contributed by atoms with Gasteiger partial charge in [0.1, 0.15) is 19.3 Å². The van der Waals surface area contributed by atoms with Gasteiger partial charge in [-0.25, -0.2) is 9.13 Å². The topological polar surface area (TPSA) is 237 Å². The molecule has 0 aliphatic rings. The molecule has 0 aromatic carbocycles. The molecule has 17 nitrogen and oxygen atoms in total. The first-order valence-corrected chi connectivity index (χ1v) is 43.0. The molecule has 0 aliphatic carbocycles. The molecule has 2 unspecified atom stereocenters. The van der Waals surface area contributed by atoms with Gasteiger partial charge in [0, 0.05) is 25.7 Å². The fraction of sp³-hybridized carbons (Fsp3) is 0.948. The molecule has 0 radical (unpaired) electrons. The fourth-order valence-corrected chi connectivity index (χ4v) is 13.4. The highest BCUT2D eigenvalue weighted by Gasteiger charge is 2.30. The number of esters is 4. The number of aliphatic hydroxyl groups excluding tert-OH is 1. The van der Waals surface area contributed by atoms with Crippen LogP contribution in [-0.2, 0) is 65.4 Å². The number of rotatable bonds is 76. The number of phosphoric ester groups is 2. The van der Waals surface area contributed by atoms with E-state index in [0.29, 0.717) is 25.7 Å². The highest BCUT2D eigenvalue weighted by molar-refractivity contribution is 7.47. The van der Waals surface area contributed by atoms with Crippen LogP contribution in [0.25, 0.3) is 0 Å². The molecular weight excluding hydrogens is 1260 g/mol. The van der Waals surface area contributed by atoms with E-state index in [1.807, 2.05) is 0 Å². The minimum absolute atomic E-state index is 0.107. The van der Waals surface area contributed by atoms with Crippen molar-refractivity contribution in [2.24, 2.45) is 11.8 Å². The van der Waals surface area contributed by atoms with Gasteiger partial charge in [0.2, 0.25) is 0 Å². The van der Waals surface area contributed by atoms with Crippen LogP contribution >= 0.6 is 15.6 Å². The van der Waals surface area contributed by atoms with Crippen molar-refractivity contribution in [2.75, 3.05) is 39.6 Å². The number of hydrogen-bond donors (Lipinski definition) is 3. The van der Waals surface area contributed by atoms with Gasteiger partial charge >= 0.3 is 39.5 Å². The third-order valence-corrected chi connectivity index (χ3v) is 19.9. The van der Waals surface area contributed by atoms with Gasteiger partial charge in [-0.1, -0.05) is 350 Å². The molecule has 3 N–H and O–H groups in total. The molecule has 0 saturated heterocycles. The molecule has 570 valence electrons. The first-order chi connectivity index (χ1) is 46.4. The zero-order valence-electron chi connectivity index (χ0n) is 62.7. The van der Waals surface area contributed by atoms with E-state index >= 15 is 0 Å². The van der Waals surface area contributed by atoms with Gasteiger partial charge in [0.25, 0.3) is 0 Å². The molecule has 0 rings (SSSR count). The van der Waals surface area contributed by atoms with Crippen molar-refractivity contribution >= 4 is 39.5 Å². The summed E-state index contributed by atoms with van der Waals surface area (Å²) in [6.45, 7) is 9.60. The van der Waals surface area contributed by atoms with Gasteiger partial charge < -0.3 is 33.8 Å². The predicted molar refractivity (Wildman–Crippen MR) is 391 cm³/mol. The minimum Gasteiger partial charge on any atom is -0.462 e. The van der Waals surface area contributed by atoms with Gasteiger partial charge in [0.05, 0.1) is 26.4 Å². The Morgan fingerprint density at radius 3 is 0.708 bits per heavy atom. The smallest absolute Gasteiger partial charge is 0.462 e. The molecule has 0 aromatic rings. The van der Waals surface area contributed by atoms with Crippen LogP contribution in [0.3, 0.4) is 0 Å². The predicted octanol–water partition coefficient (Wildman–Crippen LogP) is 22.7. The zero-order valence-corrected chi connectivity index (χ0v) is 64.5. The molecule has 5 atom stereocenters. The van der Waals surface area contributed by atoms with Crippen molar-refractivity contribution in [3.63, 3.8) is 0 Å². The van der Waals surface area contributed by atoms with E-state index in [1.54, 1.807) is 0 Å². The Kier molecular flexibility index (Phi) is 67.4. The Morgan fingerprint density at radius 2 is 0.479 bits per heavy atom. The van der Waals surface area contributed by atoms with E-state index in [-0.39, 0.29) is 25.7 Å². The summed E-state index contributed by atoms with van der Waals surface area (Å²) in [5.74, 6) is -0.583. The Bertz CT molecular complexity index is 1860. The number of phosphoric acid groups is 2. The van der Waals surface area contributed by atoms with Gasteiger partial charge in [-0.15, -0.1) is 0 Å². The van der Waals surface area contributed by atoms with Crippen molar-refractivity contribution in [1.82, 2.24) is 0 Å². The molecule has 0 heterocycles. The van der Waals surface area contributed by atoms with E-state index in [2.05, 4.69) is 41.5 Å². The van der Waals surface area contributed by atoms with Crippen LogP contribution in [0.2, 0.25) is 0 Å². The highest BCUT2D eigenvalue weighted by atomic mass is 31.2. The molecular formula is C77H150O17P2. The van der Waals surface area contributed by atoms with Gasteiger partial charge in [0.15, 0.2) is 12.2 Å². The lowest BCUT2D eigenvalue weighted by molar-refractivity contribution is -0.161. The Hall–Kier alpha value is -1.94. The van der Waals surface area contributed by atoms with Crippen LogP contribution < -0.4 is 0 Å². The quantitative estimate of drug-likeness (QED) is 0.0222. The van der Waals surface area contributed by atoms with Gasteiger partial charge in [-0.3, -0.25) is 37.3 Å². The van der Waals surface area contributed by atoms with Crippen LogP contribution in [0, 0.1) is 11.8 Å². The summed E-state index contributed by atoms with van der Waals surface area (Å²) in [6.07, 6.45) is 56.8. The lowest BCUT2D eigenvalue weighted by atomic mass is 10.0. The molecule has 0 spiro atoms. The van der Waals surface area contributed by atoms with Crippen molar-refractivity contribution in [2.45, 2.75) is 419 Å². The number of carbonyl (C=O) groups excluding carboxylic acids is 4. The lowest BCUT2D eigenvalue weighted by Gasteiger charge is -2.21. The van der Waals surface area contributed by atoms with E-state index in [9.17, 15) is 43.2 Å². The summed E-state index contributed by atoms with van der Waals surface area (Å²) in [4.78, 5) is 72.9. The summed E-state index contributed by atoms with van der Waals surface area (Å²) in [5.41, 5.74) is 0. The Labute approximate surface area is 588 Å². The maximum Gasteiger partial charge on any atom is 0.472 e. The summed E-state index contributed by atoms with van der Waals surface area (Å²) < 4.78 is 68.6. The third kappa shape index (κ3) is 70.5. The molecule has 96 heavy (non-hydrogen) atoms. The minimum atomic E-state index is -4.96. The molecule has 0 fully saturated rings. The Balaban J connectivity index is 5.24. The van der Waals surface area contributed by atoms with Crippen LogP contribution in [0.5, 0.6) is 0 Å². The first kappa shape index (κ1) is 94.1. The molecule has 0 saturated carbocycles. The number of aliphatic hydroxyl groups is 1. The molecule has 0 aromatic heterocycles. The molecule has 19 heteroatoms. The van der Waals surface area contributed by atoms with Crippen LogP contribution in [-0.4, -0.2) is 96.7 Å². The monoisotopic (exact) mass is 1410 g/mol. The number of unbranched alkanes of at least 4 members (excludes halogenated alkanes) is 46. The van der Waals surface area contributed by atoms with Crippen molar-refractivity contribution in [1.29, 1.82) is 0 Å². The largest absolute Gasteiger partial charge is 0.472 e. The SMILES string of the molecule is CCCCCCCCCCCCCCCCCC(=O)OC[C@H](COP(=O)(O)OC[C@@H](O)COP(=O)(O)OC[C@@H](COC(=O)CCCCCCCCCCC(C)C)OC(=O)CCCCCCCCCCCCCC)OC(=O)CCCCCCCCCCCCCCCCCC(C)C. The highest BCUT2D eigenvalue weighted by Crippen LogP contribution is 2.45. The van der Waals surface area contributed by atoms with Crippen molar-refractivity contribution in [3.05, 3.63) is 0 Å². The maximum atomic E-state index is 13.1. The van der Waals surface area contributed by atoms with Crippen LogP contribution in [0.1, 0.15) is 401 Å². The Morgan fingerprint density at radius 1 is 0.281 bits per heavy atom. The molecule has 0 amide bonds. The first-order valence-electron chi connectivity index (χ1n) is 40.0. The fourth-order valence-electron chi connectivity index (χ4n) is 11.8. The lowest BCUT2D eigenvalue weighted by Crippen LogP contribution is -2.30. The average Bonchev–Trinajstić information content (AvgIpc) is 1.18. The van der Waals surface area contributed by atoms with Gasteiger partial charge in [-0.05, 0) is 37.5 Å². The normalized spacial score (nSPS) is 14.0. The van der Waals surface area contributed by atoms with E-state index < -0.39 is 97.5 Å². The van der Waals surface area contributed by atoms with Crippen LogP contribution in [0.4, 0.5) is 0 Å². The van der Waals surface area contributed by atoms with E-state index in [0.717, 1.165) is 102 Å². The third-order valence-electron chi connectivity index (χ3n) is 18.0. The number of ether oxygens (including phenoxy) is 4. The summed E-state index contributed by atoms with van der Waals surface area (Å²) in [7, 11) is -9.91. The summed E-state index contributed by atoms with van der Waals surface area (Å²) >= 11 is 0. The second-order valence-corrected chi connectivity index (χ2v) is 31.6. The summed E-state index contributed by atoms with van der Waals surface area (Å²) in [6, 6.07) is 0. The van der Waals surface area contributed by atoms with Gasteiger partial charge in [-0.2, -0.15) is 0 Å². The maximum absolute atomic E-state index is 13.1. The second-order valence-electron chi connectivity index (χ2n) is 28.7. The van der Waals surface area contributed by atoms with Crippen molar-refractivity contribution < 1.29 is 80.2 Å². The standard InChI is InChI=1S/C77H150O17P2/c1-7-9-11-13-15-17-19-21-23-27-31-34-41-47-53-59-74(79)87-65-72(93-77(82)62-56-50-44-36-32-28-25-22-24-26-29-33-39-45-51-57-69(3)4)67-91-95(83,84)89-63-71(78)64-90-96(85,86)92-68-73(66-88-75(80)60-54-48-42-38-37-40-46-52-58-70(5)6)94-76(81)61-55-49-43-35-30-20-18-16-14-12-10-8-2/h69-73,78H,7-68H2,1-6H3,(H,83,84)(H,85,86)/t71-,72-,73-/m1/s1.